The molecule has 1 atom stereocenters. The second-order valence-electron chi connectivity index (χ2n) is 6.17. The summed E-state index contributed by atoms with van der Waals surface area (Å²) in [6.45, 7) is 4.28. The first kappa shape index (κ1) is 18.4. The van der Waals surface area contributed by atoms with Crippen LogP contribution in [0, 0.1) is 5.41 Å². The number of nitrogens with zero attached hydrogens (tertiary/aromatic N) is 2. The summed E-state index contributed by atoms with van der Waals surface area (Å²) in [6, 6.07) is 4.92. The van der Waals surface area contributed by atoms with Crippen molar-refractivity contribution in [2.75, 3.05) is 6.54 Å². The fraction of sp³-hybridized carbons (Fsp3) is 0.333. The van der Waals surface area contributed by atoms with Gasteiger partial charge < -0.3 is 10.0 Å². The third-order valence-electron chi connectivity index (χ3n) is 4.48. The molecule has 0 fully saturated rings. The minimum atomic E-state index is -4.37. The van der Waals surface area contributed by atoms with Gasteiger partial charge in [0.05, 0.1) is 23.4 Å². The van der Waals surface area contributed by atoms with Crippen molar-refractivity contribution >= 4 is 22.7 Å². The zero-order chi connectivity index (χ0) is 19.1. The molecule has 0 spiro atoms. The van der Waals surface area contributed by atoms with E-state index < -0.39 is 11.7 Å². The zero-order valence-corrected chi connectivity index (χ0v) is 15.1. The van der Waals surface area contributed by atoms with Gasteiger partial charge in [-0.15, -0.1) is 11.3 Å². The molecule has 3 rings (SSSR count). The lowest BCUT2D eigenvalue weighted by molar-refractivity contribution is -0.137. The lowest BCUT2D eigenvalue weighted by Crippen LogP contribution is -2.34. The van der Waals surface area contributed by atoms with E-state index in [1.807, 2.05) is 18.7 Å². The van der Waals surface area contributed by atoms with Crippen LogP contribution in [-0.4, -0.2) is 33.4 Å². The molecular weight excluding hydrogens is 363 g/mol. The third-order valence-corrected chi connectivity index (χ3v) is 5.34. The number of thiazole rings is 1. The molecular formula is C18H18F3N3OS. The van der Waals surface area contributed by atoms with Crippen molar-refractivity contribution in [1.29, 1.82) is 5.41 Å². The zero-order valence-electron chi connectivity index (χ0n) is 14.3. The molecule has 0 saturated heterocycles. The monoisotopic (exact) mass is 381 g/mol. The standard InChI is InChI=1S/C18H18F3N3OS/c1-3-10(2)24-8-14(25)15(16(24)22)17-23-13(9-26-17)11-4-6-12(7-5-11)18(19,20)21/h4-7,9-10,22,25H,3,8H2,1-2H3/t10-/m0/s1. The first-order valence-electron chi connectivity index (χ1n) is 8.13. The minimum absolute atomic E-state index is 0.101. The van der Waals surface area contributed by atoms with Crippen molar-refractivity contribution in [3.8, 4) is 11.3 Å². The van der Waals surface area contributed by atoms with Crippen molar-refractivity contribution in [1.82, 2.24) is 9.88 Å². The normalized spacial score (nSPS) is 16.5. The minimum Gasteiger partial charge on any atom is -0.510 e. The summed E-state index contributed by atoms with van der Waals surface area (Å²) >= 11 is 1.26. The van der Waals surface area contributed by atoms with Crippen molar-refractivity contribution in [2.24, 2.45) is 0 Å². The fourth-order valence-electron chi connectivity index (χ4n) is 2.77. The molecule has 0 aliphatic carbocycles. The summed E-state index contributed by atoms with van der Waals surface area (Å²) in [7, 11) is 0. The van der Waals surface area contributed by atoms with E-state index in [1.54, 1.807) is 5.38 Å². The number of amidine groups is 1. The lowest BCUT2D eigenvalue weighted by atomic mass is 10.1. The molecule has 4 nitrogen and oxygen atoms in total. The Morgan fingerprint density at radius 3 is 2.54 bits per heavy atom. The molecule has 0 unspecified atom stereocenters. The van der Waals surface area contributed by atoms with E-state index in [1.165, 1.54) is 23.5 Å². The topological polar surface area (TPSA) is 60.2 Å². The van der Waals surface area contributed by atoms with Gasteiger partial charge in [0.2, 0.25) is 0 Å². The van der Waals surface area contributed by atoms with E-state index in [0.29, 0.717) is 21.8 Å². The van der Waals surface area contributed by atoms with Crippen LogP contribution in [0.5, 0.6) is 0 Å². The van der Waals surface area contributed by atoms with Gasteiger partial charge >= 0.3 is 6.18 Å². The summed E-state index contributed by atoms with van der Waals surface area (Å²) in [5.41, 5.74) is 0.769. The van der Waals surface area contributed by atoms with Crippen LogP contribution in [0.15, 0.2) is 35.4 Å². The average Bonchev–Trinajstić information content (AvgIpc) is 3.18. The van der Waals surface area contributed by atoms with E-state index in [0.717, 1.165) is 18.6 Å². The molecule has 1 aromatic heterocycles. The van der Waals surface area contributed by atoms with Gasteiger partial charge in [-0.3, -0.25) is 5.41 Å². The van der Waals surface area contributed by atoms with Crippen molar-refractivity contribution in [3.63, 3.8) is 0 Å². The van der Waals surface area contributed by atoms with Gasteiger partial charge in [0.1, 0.15) is 16.6 Å². The van der Waals surface area contributed by atoms with E-state index >= 15 is 0 Å². The van der Waals surface area contributed by atoms with Crippen molar-refractivity contribution in [3.05, 3.63) is 46.0 Å². The maximum atomic E-state index is 12.7. The number of aliphatic hydroxyl groups excluding tert-OH is 1. The Kier molecular flexibility index (Phi) is 4.79. The van der Waals surface area contributed by atoms with Crippen LogP contribution < -0.4 is 0 Å². The summed E-state index contributed by atoms with van der Waals surface area (Å²) in [4.78, 5) is 6.24. The van der Waals surface area contributed by atoms with E-state index in [-0.39, 0.29) is 24.2 Å². The largest absolute Gasteiger partial charge is 0.510 e. The maximum Gasteiger partial charge on any atom is 0.416 e. The van der Waals surface area contributed by atoms with Crippen LogP contribution in [0.1, 0.15) is 30.8 Å². The number of halogens is 3. The molecule has 1 aliphatic heterocycles. The summed E-state index contributed by atoms with van der Waals surface area (Å²) < 4.78 is 38.0. The van der Waals surface area contributed by atoms with Gasteiger partial charge in [-0.05, 0) is 25.5 Å². The number of benzene rings is 1. The second kappa shape index (κ2) is 6.75. The van der Waals surface area contributed by atoms with Gasteiger partial charge in [0.25, 0.3) is 0 Å². The third kappa shape index (κ3) is 3.33. The molecule has 138 valence electrons. The number of aromatic nitrogens is 1. The van der Waals surface area contributed by atoms with E-state index in [2.05, 4.69) is 4.98 Å². The molecule has 1 aromatic carbocycles. The average molecular weight is 381 g/mol. The molecule has 1 aliphatic rings. The molecule has 0 bridgehead atoms. The van der Waals surface area contributed by atoms with Crippen molar-refractivity contribution < 1.29 is 18.3 Å². The molecule has 8 heteroatoms. The van der Waals surface area contributed by atoms with Gasteiger partial charge in [0, 0.05) is 17.0 Å². The molecule has 2 N–H and O–H groups in total. The van der Waals surface area contributed by atoms with Gasteiger partial charge in [-0.25, -0.2) is 4.98 Å². The van der Waals surface area contributed by atoms with E-state index in [4.69, 9.17) is 5.41 Å². The van der Waals surface area contributed by atoms with E-state index in [9.17, 15) is 18.3 Å². The Morgan fingerprint density at radius 1 is 1.31 bits per heavy atom. The molecule has 0 radical (unpaired) electrons. The molecule has 26 heavy (non-hydrogen) atoms. The highest BCUT2D eigenvalue weighted by atomic mass is 32.1. The van der Waals surface area contributed by atoms with Crippen LogP contribution in [0.3, 0.4) is 0 Å². The Bertz CT molecular complexity index is 855. The Labute approximate surface area is 153 Å². The SMILES string of the molecule is CC[C@H](C)N1CC(O)=C(c2nc(-c3ccc(C(F)(F)F)cc3)cs2)C1=N. The highest BCUT2D eigenvalue weighted by Gasteiger charge is 2.33. The lowest BCUT2D eigenvalue weighted by Gasteiger charge is -2.25. The highest BCUT2D eigenvalue weighted by molar-refractivity contribution is 7.11. The van der Waals surface area contributed by atoms with Gasteiger partial charge in [-0.2, -0.15) is 13.2 Å². The number of hydrogen-bond acceptors (Lipinski definition) is 4. The number of rotatable bonds is 4. The fourth-order valence-corrected chi connectivity index (χ4v) is 3.67. The van der Waals surface area contributed by atoms with Crippen LogP contribution in [-0.2, 0) is 6.18 Å². The highest BCUT2D eigenvalue weighted by Crippen LogP contribution is 2.34. The van der Waals surface area contributed by atoms with Crippen molar-refractivity contribution in [2.45, 2.75) is 32.5 Å². The Balaban J connectivity index is 1.86. The molecule has 2 aromatic rings. The number of nitrogens with one attached hydrogen (secondary N) is 1. The number of alkyl halides is 3. The second-order valence-corrected chi connectivity index (χ2v) is 7.03. The molecule has 0 saturated carbocycles. The smallest absolute Gasteiger partial charge is 0.416 e. The van der Waals surface area contributed by atoms with Crippen LogP contribution in [0.2, 0.25) is 0 Å². The summed E-state index contributed by atoms with van der Waals surface area (Å²) in [5, 5.41) is 20.8. The van der Waals surface area contributed by atoms with Crippen LogP contribution in [0.25, 0.3) is 16.8 Å². The summed E-state index contributed by atoms with van der Waals surface area (Å²) in [6.07, 6.45) is -3.53. The summed E-state index contributed by atoms with van der Waals surface area (Å²) in [5.74, 6) is 0.328. The Hall–Kier alpha value is -2.35. The predicted molar refractivity (Wildman–Crippen MR) is 96.3 cm³/mol. The maximum absolute atomic E-state index is 12.7. The van der Waals surface area contributed by atoms with Gasteiger partial charge in [-0.1, -0.05) is 19.1 Å². The predicted octanol–water partition coefficient (Wildman–Crippen LogP) is 5.19. The first-order valence-corrected chi connectivity index (χ1v) is 9.01. The van der Waals surface area contributed by atoms with Crippen LogP contribution in [0.4, 0.5) is 13.2 Å². The Morgan fingerprint density at radius 2 is 1.96 bits per heavy atom. The quantitative estimate of drug-likeness (QED) is 0.766. The number of hydrogen-bond donors (Lipinski definition) is 2. The number of aliphatic hydroxyl groups is 1. The van der Waals surface area contributed by atoms with Gasteiger partial charge in [0.15, 0.2) is 0 Å². The molecule has 2 heterocycles. The van der Waals surface area contributed by atoms with Crippen LogP contribution >= 0.6 is 11.3 Å². The first-order chi connectivity index (χ1) is 12.2. The molecule has 0 amide bonds.